The fraction of sp³-hybridized carbons (Fsp3) is 0.395. The molecular formula is C43H50N6O5S. The fourth-order valence-electron chi connectivity index (χ4n) is 8.65. The zero-order chi connectivity index (χ0) is 38.4. The molecule has 2 aromatic heterocycles. The van der Waals surface area contributed by atoms with Crippen LogP contribution in [0.25, 0.3) is 33.3 Å². The van der Waals surface area contributed by atoms with Gasteiger partial charge in [0.25, 0.3) is 15.9 Å². The van der Waals surface area contributed by atoms with Crippen molar-refractivity contribution >= 4 is 32.7 Å². The predicted octanol–water partition coefficient (Wildman–Crippen LogP) is 4.93. The number of benzene rings is 3. The average Bonchev–Trinajstić information content (AvgIpc) is 3.57. The van der Waals surface area contributed by atoms with E-state index in [0.29, 0.717) is 41.3 Å². The number of aryl methyl sites for hydroxylation is 3. The largest absolute Gasteiger partial charge is 0.395 e. The van der Waals surface area contributed by atoms with Crippen molar-refractivity contribution in [3.05, 3.63) is 101 Å². The number of piperidine rings is 1. The molecule has 0 radical (unpaired) electrons. The molecule has 3 saturated heterocycles. The molecule has 1 amide bonds. The first kappa shape index (κ1) is 37.3. The van der Waals surface area contributed by atoms with Gasteiger partial charge in [0.1, 0.15) is 0 Å². The molecule has 288 valence electrons. The fourth-order valence-corrected chi connectivity index (χ4v) is 9.98. The Bertz CT molecular complexity index is 2280. The molecule has 5 aromatic rings. The van der Waals surface area contributed by atoms with Gasteiger partial charge in [0.05, 0.1) is 17.6 Å². The first-order valence-electron chi connectivity index (χ1n) is 19.3. The number of piperazine rings is 1. The number of carbonyl (C=O) groups is 1. The molecular weight excluding hydrogens is 713 g/mol. The Morgan fingerprint density at radius 1 is 0.818 bits per heavy atom. The van der Waals surface area contributed by atoms with Crippen LogP contribution in [0.2, 0.25) is 0 Å². The van der Waals surface area contributed by atoms with Crippen LogP contribution < -0.4 is 4.90 Å². The van der Waals surface area contributed by atoms with Crippen molar-refractivity contribution in [3.63, 3.8) is 0 Å². The number of hydrogen-bond acceptors (Lipinski definition) is 9. The van der Waals surface area contributed by atoms with Crippen molar-refractivity contribution in [2.45, 2.75) is 50.7 Å². The van der Waals surface area contributed by atoms with Crippen LogP contribution in [0.4, 0.5) is 5.69 Å². The maximum absolute atomic E-state index is 14.1. The van der Waals surface area contributed by atoms with E-state index >= 15 is 0 Å². The van der Waals surface area contributed by atoms with E-state index in [2.05, 4.69) is 40.7 Å². The van der Waals surface area contributed by atoms with Crippen molar-refractivity contribution in [2.75, 3.05) is 70.4 Å². The molecule has 55 heavy (non-hydrogen) atoms. The van der Waals surface area contributed by atoms with E-state index < -0.39 is 16.1 Å². The number of β-amino-alcohol motifs (C(OH)–C–C–N with tert-alkyl or cyclic N) is 2. The first-order chi connectivity index (χ1) is 26.5. The number of nitrogens with zero attached hydrogens (tertiary/aromatic N) is 6. The molecule has 0 atom stereocenters. The highest BCUT2D eigenvalue weighted by Gasteiger charge is 2.31. The molecule has 0 unspecified atom stereocenters. The smallest absolute Gasteiger partial charge is 0.269 e. The van der Waals surface area contributed by atoms with E-state index in [1.54, 1.807) is 53.7 Å². The number of amides is 1. The summed E-state index contributed by atoms with van der Waals surface area (Å²) < 4.78 is 29.5. The molecule has 8 rings (SSSR count). The summed E-state index contributed by atoms with van der Waals surface area (Å²) in [4.78, 5) is 27.1. The Labute approximate surface area is 323 Å². The molecule has 3 aromatic carbocycles. The van der Waals surface area contributed by atoms with Gasteiger partial charge < -0.3 is 24.9 Å². The number of hydrogen-bond donors (Lipinski definition) is 2. The highest BCUT2D eigenvalue weighted by atomic mass is 32.2. The van der Waals surface area contributed by atoms with Gasteiger partial charge in [-0.2, -0.15) is 0 Å². The second-order valence-electron chi connectivity index (χ2n) is 15.5. The van der Waals surface area contributed by atoms with E-state index in [9.17, 15) is 23.4 Å². The lowest BCUT2D eigenvalue weighted by molar-refractivity contribution is 0.00589. The van der Waals surface area contributed by atoms with Crippen molar-refractivity contribution in [1.82, 2.24) is 23.7 Å². The summed E-state index contributed by atoms with van der Waals surface area (Å²) in [5.74, 6) is -0.142. The minimum atomic E-state index is -3.98. The van der Waals surface area contributed by atoms with E-state index in [-0.39, 0.29) is 17.4 Å². The van der Waals surface area contributed by atoms with E-state index in [1.165, 1.54) is 20.8 Å². The van der Waals surface area contributed by atoms with Crippen LogP contribution in [-0.4, -0.2) is 126 Å². The van der Waals surface area contributed by atoms with Crippen LogP contribution in [0.15, 0.2) is 84.0 Å². The third kappa shape index (κ3) is 7.29. The van der Waals surface area contributed by atoms with Gasteiger partial charge >= 0.3 is 0 Å². The normalized spacial score (nSPS) is 17.9. The number of pyridine rings is 1. The number of rotatable bonds is 9. The lowest BCUT2D eigenvalue weighted by Gasteiger charge is -2.44. The molecule has 0 bridgehead atoms. The molecule has 5 heterocycles. The minimum absolute atomic E-state index is 0.142. The number of aromatic nitrogens is 2. The second-order valence-corrected chi connectivity index (χ2v) is 17.3. The van der Waals surface area contributed by atoms with E-state index in [0.717, 1.165) is 80.9 Å². The molecule has 0 saturated carbocycles. The number of likely N-dealkylation sites (tertiary alicyclic amines) is 2. The number of fused-ring (bicyclic) bond motifs is 1. The SMILES string of the molecule is Cc1ccc(S(=O)(=O)n2cc(-c3ccc(C(=O)N4CC(O)C4)cc3)c3cc(-c4cc(C)c(N5CCN(C6CCN(CCO)CC6)CC5)c(C)c4)cnc32)cc1. The first-order valence-corrected chi connectivity index (χ1v) is 20.8. The van der Waals surface area contributed by atoms with E-state index in [4.69, 9.17) is 4.98 Å². The van der Waals surface area contributed by atoms with Crippen LogP contribution in [0.1, 0.15) is 39.9 Å². The highest BCUT2D eigenvalue weighted by molar-refractivity contribution is 7.90. The summed E-state index contributed by atoms with van der Waals surface area (Å²) in [6.45, 7) is 14.0. The van der Waals surface area contributed by atoms with Crippen LogP contribution in [-0.2, 0) is 10.0 Å². The Balaban J connectivity index is 1.09. The summed E-state index contributed by atoms with van der Waals surface area (Å²) in [6.07, 6.45) is 5.22. The topological polar surface area (TPSA) is 122 Å². The van der Waals surface area contributed by atoms with Gasteiger partial charge in [-0.1, -0.05) is 29.8 Å². The Morgan fingerprint density at radius 3 is 2.09 bits per heavy atom. The average molecular weight is 763 g/mol. The highest BCUT2D eigenvalue weighted by Crippen LogP contribution is 2.37. The molecule has 3 aliphatic heterocycles. The number of aliphatic hydroxyl groups excluding tert-OH is 2. The van der Waals surface area contributed by atoms with Gasteiger partial charge in [0, 0.05) is 92.0 Å². The quantitative estimate of drug-likeness (QED) is 0.216. The van der Waals surface area contributed by atoms with Crippen molar-refractivity contribution < 1.29 is 23.4 Å². The van der Waals surface area contributed by atoms with Gasteiger partial charge in [-0.15, -0.1) is 0 Å². The summed E-state index contributed by atoms with van der Waals surface area (Å²) in [6, 6.07) is 21.1. The molecule has 3 aliphatic rings. The summed E-state index contributed by atoms with van der Waals surface area (Å²) in [7, 11) is -3.98. The maximum atomic E-state index is 14.1. The lowest BCUT2D eigenvalue weighted by atomic mass is 9.97. The zero-order valence-electron chi connectivity index (χ0n) is 31.9. The lowest BCUT2D eigenvalue weighted by Crippen LogP contribution is -2.53. The van der Waals surface area contributed by atoms with Crippen LogP contribution in [0, 0.1) is 20.8 Å². The predicted molar refractivity (Wildman–Crippen MR) is 216 cm³/mol. The number of carbonyl (C=O) groups excluding carboxylic acids is 1. The Morgan fingerprint density at radius 2 is 1.47 bits per heavy atom. The molecule has 2 N–H and O–H groups in total. The Hall–Kier alpha value is -4.59. The molecule has 11 nitrogen and oxygen atoms in total. The summed E-state index contributed by atoms with van der Waals surface area (Å²) in [5, 5.41) is 19.7. The van der Waals surface area contributed by atoms with Gasteiger partial charge in [0.15, 0.2) is 5.65 Å². The van der Waals surface area contributed by atoms with Crippen molar-refractivity contribution in [2.24, 2.45) is 0 Å². The summed E-state index contributed by atoms with van der Waals surface area (Å²) >= 11 is 0. The third-order valence-corrected chi connectivity index (χ3v) is 13.4. The maximum Gasteiger partial charge on any atom is 0.269 e. The monoisotopic (exact) mass is 762 g/mol. The van der Waals surface area contributed by atoms with Crippen molar-refractivity contribution in [3.8, 4) is 22.3 Å². The van der Waals surface area contributed by atoms with Gasteiger partial charge in [-0.05, 0) is 111 Å². The number of aliphatic hydroxyl groups is 2. The van der Waals surface area contributed by atoms with Crippen molar-refractivity contribution in [1.29, 1.82) is 0 Å². The molecule has 3 fully saturated rings. The minimum Gasteiger partial charge on any atom is -0.395 e. The second kappa shape index (κ2) is 15.2. The third-order valence-electron chi connectivity index (χ3n) is 11.7. The Kier molecular flexibility index (Phi) is 10.3. The molecule has 12 heteroatoms. The van der Waals surface area contributed by atoms with Gasteiger partial charge in [-0.3, -0.25) is 9.69 Å². The van der Waals surface area contributed by atoms with Gasteiger partial charge in [-0.25, -0.2) is 17.4 Å². The standard InChI is InChI=1S/C43H50N6O5S/c1-29-4-10-38(11-5-29)55(53,54)49-28-40(32-6-8-33(9-7-32)43(52)48-26-37(51)27-48)39-24-35(25-44-42(39)49)34-22-30(2)41(31(3)23-34)47-18-16-46(17-19-47)36-12-14-45(15-13-36)20-21-50/h4-11,22-25,28,36-37,50-51H,12-21,26-27H2,1-3H3. The zero-order valence-corrected chi connectivity index (χ0v) is 32.7. The molecule has 0 aliphatic carbocycles. The van der Waals surface area contributed by atoms with Crippen LogP contribution >= 0.6 is 0 Å². The van der Waals surface area contributed by atoms with Crippen LogP contribution in [0.5, 0.6) is 0 Å². The van der Waals surface area contributed by atoms with Gasteiger partial charge in [0.2, 0.25) is 0 Å². The molecule has 0 spiro atoms. The van der Waals surface area contributed by atoms with E-state index in [1.807, 2.05) is 25.1 Å². The number of anilines is 1. The summed E-state index contributed by atoms with van der Waals surface area (Å²) in [5.41, 5.74) is 8.82. The van der Waals surface area contributed by atoms with Crippen LogP contribution in [0.3, 0.4) is 0 Å².